The predicted octanol–water partition coefficient (Wildman–Crippen LogP) is 7.51. The van der Waals surface area contributed by atoms with E-state index in [9.17, 15) is 13.2 Å². The van der Waals surface area contributed by atoms with Gasteiger partial charge in [0.15, 0.2) is 6.29 Å². The van der Waals surface area contributed by atoms with Gasteiger partial charge in [0, 0.05) is 18.3 Å². The van der Waals surface area contributed by atoms with E-state index in [4.69, 9.17) is 9.47 Å². The molecule has 0 N–H and O–H groups in total. The molecule has 0 aromatic heterocycles. The fraction of sp³-hybridized carbons (Fsp3) is 1.00. The van der Waals surface area contributed by atoms with Crippen LogP contribution in [0.2, 0.25) is 0 Å². The van der Waals surface area contributed by atoms with E-state index in [1.165, 1.54) is 70.6 Å². The van der Waals surface area contributed by atoms with E-state index in [2.05, 4.69) is 6.92 Å². The Hall–Kier alpha value is -0.290. The second-order valence-corrected chi connectivity index (χ2v) is 10.0. The number of ether oxygens (including phenoxy) is 2. The van der Waals surface area contributed by atoms with Gasteiger partial charge in [-0.2, -0.15) is 13.2 Å². The highest BCUT2D eigenvalue weighted by Crippen LogP contribution is 2.43. The summed E-state index contributed by atoms with van der Waals surface area (Å²) in [4.78, 5) is 0. The summed E-state index contributed by atoms with van der Waals surface area (Å²) in [6, 6.07) is 0. The molecule has 1 saturated heterocycles. The van der Waals surface area contributed by atoms with Crippen LogP contribution in [0.3, 0.4) is 0 Å². The Morgan fingerprint density at radius 3 is 1.76 bits per heavy atom. The van der Waals surface area contributed by atoms with Crippen LogP contribution in [0.1, 0.15) is 96.8 Å². The summed E-state index contributed by atoms with van der Waals surface area (Å²) in [6.45, 7) is 3.41. The van der Waals surface area contributed by atoms with Crippen molar-refractivity contribution in [2.45, 2.75) is 109 Å². The lowest BCUT2D eigenvalue weighted by molar-refractivity contribution is -0.231. The number of hydrogen-bond donors (Lipinski definition) is 0. The highest BCUT2D eigenvalue weighted by molar-refractivity contribution is 4.83. The maximum Gasteiger partial charge on any atom is 0.389 e. The lowest BCUT2D eigenvalue weighted by Gasteiger charge is -2.41. The van der Waals surface area contributed by atoms with E-state index in [1.807, 2.05) is 0 Å². The molecule has 2 nitrogen and oxygen atoms in total. The topological polar surface area (TPSA) is 18.5 Å². The van der Waals surface area contributed by atoms with Crippen molar-refractivity contribution in [3.05, 3.63) is 0 Å². The molecule has 0 radical (unpaired) electrons. The van der Waals surface area contributed by atoms with Crippen LogP contribution in [0, 0.1) is 29.6 Å². The van der Waals surface area contributed by atoms with Gasteiger partial charge in [-0.25, -0.2) is 0 Å². The van der Waals surface area contributed by atoms with E-state index in [-0.39, 0.29) is 18.6 Å². The number of unbranched alkanes of at least 4 members (excludes halogenated alkanes) is 1. The lowest BCUT2D eigenvalue weighted by Crippen LogP contribution is -2.39. The normalized spacial score (nSPS) is 36.8. The second kappa shape index (κ2) is 11.4. The smallest absolute Gasteiger partial charge is 0.352 e. The van der Waals surface area contributed by atoms with Crippen LogP contribution in [0.5, 0.6) is 0 Å². The minimum Gasteiger partial charge on any atom is -0.352 e. The predicted molar refractivity (Wildman–Crippen MR) is 110 cm³/mol. The maximum atomic E-state index is 12.3. The van der Waals surface area contributed by atoms with Gasteiger partial charge in [0.25, 0.3) is 0 Å². The molecule has 5 heteroatoms. The van der Waals surface area contributed by atoms with E-state index in [1.54, 1.807) is 0 Å². The van der Waals surface area contributed by atoms with Crippen molar-refractivity contribution in [3.63, 3.8) is 0 Å². The third-order valence-corrected chi connectivity index (χ3v) is 7.79. The van der Waals surface area contributed by atoms with Crippen molar-refractivity contribution in [1.29, 1.82) is 0 Å². The molecule has 0 spiro atoms. The maximum absolute atomic E-state index is 12.3. The molecule has 3 aliphatic rings. The van der Waals surface area contributed by atoms with Crippen LogP contribution in [0.25, 0.3) is 0 Å². The molecule has 1 aliphatic heterocycles. The third kappa shape index (κ3) is 7.72. The van der Waals surface area contributed by atoms with E-state index in [0.29, 0.717) is 25.6 Å². The molecular weight excluding hydrogens is 377 g/mol. The molecular formula is C24H41F3O2. The number of halogens is 3. The van der Waals surface area contributed by atoms with Gasteiger partial charge in [0.05, 0.1) is 13.2 Å². The summed E-state index contributed by atoms with van der Waals surface area (Å²) in [5.74, 6) is 3.39. The fourth-order valence-electron chi connectivity index (χ4n) is 5.92. The minimum absolute atomic E-state index is 0.118. The van der Waals surface area contributed by atoms with Gasteiger partial charge in [-0.3, -0.25) is 0 Å². The number of rotatable bonds is 8. The lowest BCUT2D eigenvalue weighted by atomic mass is 9.68. The Morgan fingerprint density at radius 2 is 1.21 bits per heavy atom. The summed E-state index contributed by atoms with van der Waals surface area (Å²) in [7, 11) is 0. The molecule has 29 heavy (non-hydrogen) atoms. The fourth-order valence-corrected chi connectivity index (χ4v) is 5.92. The van der Waals surface area contributed by atoms with Crippen LogP contribution in [-0.2, 0) is 9.47 Å². The quantitative estimate of drug-likeness (QED) is 0.406. The van der Waals surface area contributed by atoms with Crippen molar-refractivity contribution in [2.24, 2.45) is 29.6 Å². The molecule has 0 amide bonds. The molecule has 170 valence electrons. The van der Waals surface area contributed by atoms with Gasteiger partial charge >= 0.3 is 6.18 Å². The van der Waals surface area contributed by atoms with E-state index in [0.717, 1.165) is 17.8 Å². The summed E-state index contributed by atoms with van der Waals surface area (Å²) in [5, 5.41) is 0. The first kappa shape index (κ1) is 23.4. The van der Waals surface area contributed by atoms with Gasteiger partial charge in [0.1, 0.15) is 0 Å². The average Bonchev–Trinajstić information content (AvgIpc) is 2.72. The molecule has 3 rings (SSSR count). The molecule has 0 bridgehead atoms. The number of alkyl halides is 3. The van der Waals surface area contributed by atoms with Crippen LogP contribution in [0.15, 0.2) is 0 Å². The van der Waals surface area contributed by atoms with Gasteiger partial charge in [-0.15, -0.1) is 0 Å². The van der Waals surface area contributed by atoms with Crippen molar-refractivity contribution in [3.8, 4) is 0 Å². The largest absolute Gasteiger partial charge is 0.389 e. The Labute approximate surface area is 175 Å². The first-order valence-electron chi connectivity index (χ1n) is 12.2. The SMILES string of the molecule is CCCC[C@H]1CC[C@H](C2CCC([C@H]3OC[C@H](CCCC(F)(F)F)CO3)CC2)CC1. The Kier molecular flexibility index (Phi) is 9.16. The van der Waals surface area contributed by atoms with Crippen molar-refractivity contribution >= 4 is 0 Å². The summed E-state index contributed by atoms with van der Waals surface area (Å²) in [6.07, 6.45) is 10.7. The summed E-state index contributed by atoms with van der Waals surface area (Å²) < 4.78 is 48.7. The van der Waals surface area contributed by atoms with Crippen molar-refractivity contribution in [2.75, 3.05) is 13.2 Å². The Balaban J connectivity index is 1.29. The first-order valence-corrected chi connectivity index (χ1v) is 12.2. The van der Waals surface area contributed by atoms with Gasteiger partial charge in [0.2, 0.25) is 0 Å². The molecule has 0 aromatic rings. The third-order valence-electron chi connectivity index (χ3n) is 7.79. The molecule has 2 aliphatic carbocycles. The van der Waals surface area contributed by atoms with Gasteiger partial charge in [-0.1, -0.05) is 39.0 Å². The molecule has 0 atom stereocenters. The molecule has 3 fully saturated rings. The van der Waals surface area contributed by atoms with Crippen molar-refractivity contribution in [1.82, 2.24) is 0 Å². The zero-order chi connectivity index (χ0) is 20.7. The van der Waals surface area contributed by atoms with E-state index < -0.39 is 12.6 Å². The molecule has 2 saturated carbocycles. The summed E-state index contributed by atoms with van der Waals surface area (Å²) >= 11 is 0. The minimum atomic E-state index is -4.05. The highest BCUT2D eigenvalue weighted by atomic mass is 19.4. The van der Waals surface area contributed by atoms with Crippen LogP contribution < -0.4 is 0 Å². The Morgan fingerprint density at radius 1 is 0.690 bits per heavy atom. The average molecular weight is 419 g/mol. The molecule has 0 aromatic carbocycles. The van der Waals surface area contributed by atoms with Crippen LogP contribution in [-0.4, -0.2) is 25.7 Å². The second-order valence-electron chi connectivity index (χ2n) is 10.0. The van der Waals surface area contributed by atoms with Gasteiger partial charge < -0.3 is 9.47 Å². The summed E-state index contributed by atoms with van der Waals surface area (Å²) in [5.41, 5.74) is 0. The first-order chi connectivity index (χ1) is 13.9. The monoisotopic (exact) mass is 418 g/mol. The molecule has 0 unspecified atom stereocenters. The molecule has 1 heterocycles. The zero-order valence-corrected chi connectivity index (χ0v) is 18.2. The van der Waals surface area contributed by atoms with E-state index >= 15 is 0 Å². The van der Waals surface area contributed by atoms with Crippen LogP contribution in [0.4, 0.5) is 13.2 Å². The standard InChI is InChI=1S/C24H41F3O2/c1-2-3-5-18-7-9-20(10-8-18)21-11-13-22(14-12-21)23-28-16-19(17-29-23)6-4-15-24(25,26)27/h18-23H,2-17H2,1H3/t18-,19-,20-,21?,22?,23-. The van der Waals surface area contributed by atoms with Gasteiger partial charge in [-0.05, 0) is 69.1 Å². The van der Waals surface area contributed by atoms with Crippen molar-refractivity contribution < 1.29 is 22.6 Å². The number of hydrogen-bond acceptors (Lipinski definition) is 2. The highest BCUT2D eigenvalue weighted by Gasteiger charge is 2.36. The van der Waals surface area contributed by atoms with Crippen LogP contribution >= 0.6 is 0 Å². The zero-order valence-electron chi connectivity index (χ0n) is 18.2. The Bertz CT molecular complexity index is 444.